The number of hydrogen-bond acceptors (Lipinski definition) is 4. The molecule has 2 unspecified atom stereocenters. The second-order valence-corrected chi connectivity index (χ2v) is 8.02. The molecule has 3 aliphatic rings. The monoisotopic (exact) mass is 384 g/mol. The lowest BCUT2D eigenvalue weighted by molar-refractivity contribution is 0.143. The zero-order chi connectivity index (χ0) is 19.4. The smallest absolute Gasteiger partial charge is 0.449 e. The van der Waals surface area contributed by atoms with E-state index in [1.807, 2.05) is 4.57 Å². The third kappa shape index (κ3) is 2.85. The number of benzene rings is 1. The first-order valence-electron chi connectivity index (χ1n) is 9.70. The van der Waals surface area contributed by atoms with E-state index >= 15 is 4.39 Å². The predicted molar refractivity (Wildman–Crippen MR) is 103 cm³/mol. The van der Waals surface area contributed by atoms with Crippen molar-refractivity contribution in [1.82, 2.24) is 4.57 Å². The average Bonchev–Trinajstić information content (AvgIpc) is 3.41. The summed E-state index contributed by atoms with van der Waals surface area (Å²) in [4.78, 5) is 25.7. The third-order valence-electron chi connectivity index (χ3n) is 6.17. The van der Waals surface area contributed by atoms with Gasteiger partial charge in [-0.3, -0.25) is 4.79 Å². The Morgan fingerprint density at radius 2 is 1.82 bits per heavy atom. The Kier molecular flexibility index (Phi) is 3.92. The lowest BCUT2D eigenvalue weighted by Crippen LogP contribution is -2.22. The van der Waals surface area contributed by atoms with Crippen LogP contribution in [-0.4, -0.2) is 28.9 Å². The van der Waals surface area contributed by atoms with Gasteiger partial charge in [0.1, 0.15) is 5.82 Å². The Balaban J connectivity index is 1.61. The SMILES string of the molecule is O=C(O)Oc1cn(C2CC2)c2cc(N3CC4CC=CCC4C3)c(F)cc2c1=O. The van der Waals surface area contributed by atoms with Gasteiger partial charge in [-0.2, -0.15) is 0 Å². The Bertz CT molecular complexity index is 1040. The summed E-state index contributed by atoms with van der Waals surface area (Å²) in [5, 5.41) is 9.05. The van der Waals surface area contributed by atoms with Crippen LogP contribution >= 0.6 is 0 Å². The first-order valence-corrected chi connectivity index (χ1v) is 9.70. The van der Waals surface area contributed by atoms with Gasteiger partial charge < -0.3 is 19.3 Å². The molecule has 2 atom stereocenters. The fraction of sp³-hybridized carbons (Fsp3) is 0.429. The fourth-order valence-electron chi connectivity index (χ4n) is 4.61. The van der Waals surface area contributed by atoms with E-state index in [1.54, 1.807) is 6.07 Å². The van der Waals surface area contributed by atoms with Crippen molar-refractivity contribution < 1.29 is 19.0 Å². The summed E-state index contributed by atoms with van der Waals surface area (Å²) in [7, 11) is 0. The molecular formula is C21H21FN2O4. The summed E-state index contributed by atoms with van der Waals surface area (Å²) >= 11 is 0. The van der Waals surface area contributed by atoms with Crippen LogP contribution in [0.1, 0.15) is 31.7 Å². The summed E-state index contributed by atoms with van der Waals surface area (Å²) in [6, 6.07) is 3.17. The zero-order valence-corrected chi connectivity index (χ0v) is 15.3. The maximum absolute atomic E-state index is 15.0. The predicted octanol–water partition coefficient (Wildman–Crippen LogP) is 3.93. The number of carbonyl (C=O) groups is 1. The number of aromatic nitrogens is 1. The first-order chi connectivity index (χ1) is 13.5. The summed E-state index contributed by atoms with van der Waals surface area (Å²) < 4.78 is 21.5. The quantitative estimate of drug-likeness (QED) is 0.641. The van der Waals surface area contributed by atoms with Gasteiger partial charge in [0.15, 0.2) is 5.75 Å². The molecule has 7 heteroatoms. The highest BCUT2D eigenvalue weighted by atomic mass is 19.1. The van der Waals surface area contributed by atoms with Crippen molar-refractivity contribution in [1.29, 1.82) is 0 Å². The topological polar surface area (TPSA) is 71.8 Å². The van der Waals surface area contributed by atoms with Crippen LogP contribution in [0, 0.1) is 17.7 Å². The van der Waals surface area contributed by atoms with Crippen LogP contribution in [0.3, 0.4) is 0 Å². The number of allylic oxidation sites excluding steroid dienone is 2. The molecule has 6 nitrogen and oxygen atoms in total. The number of carboxylic acid groups (broad SMARTS) is 1. The second-order valence-electron chi connectivity index (χ2n) is 8.02. The van der Waals surface area contributed by atoms with Crippen LogP contribution in [0.5, 0.6) is 5.75 Å². The van der Waals surface area contributed by atoms with Crippen LogP contribution in [0.25, 0.3) is 10.9 Å². The van der Waals surface area contributed by atoms with Crippen LogP contribution in [0.15, 0.2) is 35.3 Å². The van der Waals surface area contributed by atoms with Crippen molar-refractivity contribution in [2.75, 3.05) is 18.0 Å². The van der Waals surface area contributed by atoms with Gasteiger partial charge in [0, 0.05) is 19.1 Å². The van der Waals surface area contributed by atoms with E-state index in [2.05, 4.69) is 21.8 Å². The number of ether oxygens (including phenoxy) is 1. The Morgan fingerprint density at radius 1 is 1.14 bits per heavy atom. The maximum Gasteiger partial charge on any atom is 0.511 e. The Hall–Kier alpha value is -2.83. The van der Waals surface area contributed by atoms with E-state index in [-0.39, 0.29) is 17.2 Å². The number of nitrogens with zero attached hydrogens (tertiary/aromatic N) is 2. The molecule has 2 fully saturated rings. The minimum absolute atomic E-state index is 0.158. The zero-order valence-electron chi connectivity index (χ0n) is 15.3. The van der Waals surface area contributed by atoms with Crippen LogP contribution in [0.2, 0.25) is 0 Å². The number of rotatable bonds is 3. The maximum atomic E-state index is 15.0. The summed E-state index contributed by atoms with van der Waals surface area (Å²) in [6.45, 7) is 1.62. The molecule has 0 bridgehead atoms. The van der Waals surface area contributed by atoms with Gasteiger partial charge >= 0.3 is 6.16 Å². The van der Waals surface area contributed by atoms with E-state index in [0.717, 1.165) is 38.8 Å². The van der Waals surface area contributed by atoms with Gasteiger partial charge in [0.2, 0.25) is 5.43 Å². The summed E-state index contributed by atoms with van der Waals surface area (Å²) in [5.74, 6) is 0.345. The van der Waals surface area contributed by atoms with Crippen molar-refractivity contribution in [2.45, 2.75) is 31.7 Å². The molecule has 0 amide bonds. The van der Waals surface area contributed by atoms with E-state index in [9.17, 15) is 9.59 Å². The molecule has 1 aromatic carbocycles. The second kappa shape index (κ2) is 6.36. The number of hydrogen-bond donors (Lipinski definition) is 1. The van der Waals surface area contributed by atoms with Crippen molar-refractivity contribution >= 4 is 22.7 Å². The fourth-order valence-corrected chi connectivity index (χ4v) is 4.61. The molecule has 2 aliphatic carbocycles. The van der Waals surface area contributed by atoms with Gasteiger partial charge in [0.25, 0.3) is 0 Å². The van der Waals surface area contributed by atoms with E-state index in [0.29, 0.717) is 23.0 Å². The lowest BCUT2D eigenvalue weighted by atomic mass is 9.86. The minimum Gasteiger partial charge on any atom is -0.449 e. The number of fused-ring (bicyclic) bond motifs is 2. The molecular weight excluding hydrogens is 363 g/mol. The number of halogens is 1. The molecule has 1 saturated carbocycles. The Labute approximate surface area is 160 Å². The lowest BCUT2D eigenvalue weighted by Gasteiger charge is -2.21. The molecule has 0 radical (unpaired) electrons. The number of anilines is 1. The normalized spacial score (nSPS) is 23.8. The van der Waals surface area contributed by atoms with Crippen molar-refractivity contribution in [3.8, 4) is 5.75 Å². The summed E-state index contributed by atoms with van der Waals surface area (Å²) in [6.07, 6.45) is 8.24. The highest BCUT2D eigenvalue weighted by Gasteiger charge is 2.34. The summed E-state index contributed by atoms with van der Waals surface area (Å²) in [5.41, 5.74) is 0.552. The third-order valence-corrected chi connectivity index (χ3v) is 6.17. The van der Waals surface area contributed by atoms with Crippen molar-refractivity contribution in [3.63, 3.8) is 0 Å². The van der Waals surface area contributed by atoms with Gasteiger partial charge in [0.05, 0.1) is 22.8 Å². The molecule has 0 spiro atoms. The van der Waals surface area contributed by atoms with E-state index in [1.165, 1.54) is 12.3 Å². The van der Waals surface area contributed by atoms with Gasteiger partial charge in [-0.15, -0.1) is 0 Å². The molecule has 146 valence electrons. The molecule has 1 aliphatic heterocycles. The van der Waals surface area contributed by atoms with E-state index < -0.39 is 17.4 Å². The number of pyridine rings is 1. The van der Waals surface area contributed by atoms with Crippen LogP contribution < -0.4 is 15.1 Å². The molecule has 1 aromatic heterocycles. The van der Waals surface area contributed by atoms with Crippen molar-refractivity contribution in [2.24, 2.45) is 11.8 Å². The largest absolute Gasteiger partial charge is 0.511 e. The molecule has 2 heterocycles. The molecule has 1 N–H and O–H groups in total. The molecule has 5 rings (SSSR count). The molecule has 28 heavy (non-hydrogen) atoms. The van der Waals surface area contributed by atoms with Gasteiger partial charge in [-0.1, -0.05) is 12.2 Å². The minimum atomic E-state index is -1.55. The van der Waals surface area contributed by atoms with Crippen LogP contribution in [0.4, 0.5) is 14.9 Å². The highest BCUT2D eigenvalue weighted by molar-refractivity contribution is 5.85. The Morgan fingerprint density at radius 3 is 2.43 bits per heavy atom. The molecule has 2 aromatic rings. The van der Waals surface area contributed by atoms with E-state index in [4.69, 9.17) is 5.11 Å². The average molecular weight is 384 g/mol. The molecule has 1 saturated heterocycles. The van der Waals surface area contributed by atoms with Crippen molar-refractivity contribution in [3.05, 3.63) is 46.5 Å². The van der Waals surface area contributed by atoms with Crippen LogP contribution in [-0.2, 0) is 0 Å². The van der Waals surface area contributed by atoms with Gasteiger partial charge in [-0.05, 0) is 49.7 Å². The van der Waals surface area contributed by atoms with Gasteiger partial charge in [-0.25, -0.2) is 9.18 Å². The standard InChI is InChI=1S/C21H21FN2O4/c22-16-7-15-17(8-18(16)23-9-12-3-1-2-4-13(12)10-23)24(14-5-6-14)11-19(20(15)25)28-21(26)27/h1-2,7-8,11-14H,3-6,9-10H2,(H,26,27). The first kappa shape index (κ1) is 17.3. The highest BCUT2D eigenvalue weighted by Crippen LogP contribution is 2.40.